The van der Waals surface area contributed by atoms with E-state index in [2.05, 4.69) is 10.3 Å². The molecule has 1 aliphatic heterocycles. The lowest BCUT2D eigenvalue weighted by Crippen LogP contribution is -2.11. The molecule has 4 aromatic carbocycles. The predicted octanol–water partition coefficient (Wildman–Crippen LogP) is 5.21. The number of aliphatic imine (C=N–C) groups is 1. The highest BCUT2D eigenvalue weighted by Crippen LogP contribution is 2.44. The maximum atomic E-state index is 13.4. The van der Waals surface area contributed by atoms with E-state index in [9.17, 15) is 16.8 Å². The van der Waals surface area contributed by atoms with E-state index in [0.29, 0.717) is 16.5 Å². The Labute approximate surface area is 192 Å². The van der Waals surface area contributed by atoms with Crippen molar-refractivity contribution in [1.29, 1.82) is 0 Å². The van der Waals surface area contributed by atoms with Crippen molar-refractivity contribution in [3.63, 3.8) is 0 Å². The lowest BCUT2D eigenvalue weighted by Gasteiger charge is -2.20. The number of hydrogen-bond donors (Lipinski definition) is 1. The highest BCUT2D eigenvalue weighted by Gasteiger charge is 2.29. The summed E-state index contributed by atoms with van der Waals surface area (Å²) in [6, 6.07) is 19.6. The van der Waals surface area contributed by atoms with E-state index in [1.54, 1.807) is 60.7 Å². The van der Waals surface area contributed by atoms with Crippen LogP contribution in [-0.2, 0) is 19.7 Å². The van der Waals surface area contributed by atoms with Gasteiger partial charge in [0.05, 0.1) is 37.3 Å². The zero-order chi connectivity index (χ0) is 23.4. The molecule has 33 heavy (non-hydrogen) atoms. The van der Waals surface area contributed by atoms with Gasteiger partial charge >= 0.3 is 0 Å². The third kappa shape index (κ3) is 3.42. The van der Waals surface area contributed by atoms with Crippen LogP contribution in [0.1, 0.15) is 11.1 Å². The molecule has 0 bridgehead atoms. The van der Waals surface area contributed by atoms with Crippen molar-refractivity contribution in [2.75, 3.05) is 5.32 Å². The van der Waals surface area contributed by atoms with Crippen LogP contribution in [0.2, 0.25) is 0 Å². The number of rotatable bonds is 4. The van der Waals surface area contributed by atoms with Gasteiger partial charge in [-0.1, -0.05) is 47.5 Å². The molecule has 0 aromatic heterocycles. The second-order valence-corrected chi connectivity index (χ2v) is 11.8. The lowest BCUT2D eigenvalue weighted by molar-refractivity contribution is 0.595. The van der Waals surface area contributed by atoms with Crippen molar-refractivity contribution >= 4 is 48.2 Å². The Kier molecular flexibility index (Phi) is 4.88. The SMILES string of the molecule is Cc1ccc(S(=O)(=O)c2ccc3ccc(S(=O)(=O)c4ccc(C)cc4)c4c3c2N=CN4)cc1. The van der Waals surface area contributed by atoms with E-state index in [4.69, 9.17) is 0 Å². The van der Waals surface area contributed by atoms with Crippen molar-refractivity contribution in [3.8, 4) is 0 Å². The number of anilines is 1. The summed E-state index contributed by atoms with van der Waals surface area (Å²) >= 11 is 0. The van der Waals surface area contributed by atoms with Crippen LogP contribution in [0.15, 0.2) is 97.4 Å². The van der Waals surface area contributed by atoms with Crippen molar-refractivity contribution in [3.05, 3.63) is 83.9 Å². The third-order valence-electron chi connectivity index (χ3n) is 5.73. The molecule has 5 rings (SSSR count). The smallest absolute Gasteiger partial charge is 0.208 e. The monoisotopic (exact) mass is 476 g/mol. The summed E-state index contributed by atoms with van der Waals surface area (Å²) in [5, 5.41) is 4.09. The number of nitrogens with one attached hydrogen (secondary N) is 1. The standard InChI is InChI=1S/C25H20N2O4S2/c1-16-3-9-19(10-4-16)32(28,29)21-13-7-18-8-14-22(25-23(18)24(21)26-15-27-25)33(30,31)20-11-5-17(2)6-12-20/h3-15H,1-2H3,(H,26,27). The Morgan fingerprint density at radius 2 is 1.12 bits per heavy atom. The van der Waals surface area contributed by atoms with Crippen LogP contribution < -0.4 is 5.32 Å². The fourth-order valence-electron chi connectivity index (χ4n) is 3.92. The summed E-state index contributed by atoms with van der Waals surface area (Å²) in [6.07, 6.45) is 1.33. The fourth-order valence-corrected chi connectivity index (χ4v) is 6.75. The second-order valence-electron chi connectivity index (χ2n) is 7.98. The first-order chi connectivity index (χ1) is 15.7. The average molecular weight is 477 g/mol. The van der Waals surface area contributed by atoms with Crippen molar-refractivity contribution in [2.45, 2.75) is 33.4 Å². The van der Waals surface area contributed by atoms with Crippen LogP contribution in [0.25, 0.3) is 10.8 Å². The van der Waals surface area contributed by atoms with Gasteiger partial charge in [-0.3, -0.25) is 0 Å². The van der Waals surface area contributed by atoms with E-state index in [0.717, 1.165) is 11.1 Å². The van der Waals surface area contributed by atoms with Crippen molar-refractivity contribution in [2.24, 2.45) is 4.99 Å². The molecule has 1 N–H and O–H groups in total. The highest BCUT2D eigenvalue weighted by molar-refractivity contribution is 7.92. The minimum atomic E-state index is -3.87. The van der Waals surface area contributed by atoms with Crippen LogP contribution in [0.3, 0.4) is 0 Å². The first-order valence-corrected chi connectivity index (χ1v) is 13.2. The van der Waals surface area contributed by atoms with Crippen LogP contribution in [0.5, 0.6) is 0 Å². The quantitative estimate of drug-likeness (QED) is 0.437. The number of sulfone groups is 2. The molecule has 0 amide bonds. The van der Waals surface area contributed by atoms with Crippen LogP contribution >= 0.6 is 0 Å². The van der Waals surface area contributed by atoms with Gasteiger partial charge in [0.2, 0.25) is 19.7 Å². The van der Waals surface area contributed by atoms with Gasteiger partial charge in [0, 0.05) is 5.39 Å². The maximum absolute atomic E-state index is 13.4. The predicted molar refractivity (Wildman–Crippen MR) is 129 cm³/mol. The van der Waals surface area contributed by atoms with E-state index in [1.807, 2.05) is 13.8 Å². The van der Waals surface area contributed by atoms with Crippen LogP contribution in [-0.4, -0.2) is 23.2 Å². The molecule has 0 atom stereocenters. The largest absolute Gasteiger partial charge is 0.345 e. The van der Waals surface area contributed by atoms with Crippen molar-refractivity contribution < 1.29 is 16.8 Å². The molecule has 8 heteroatoms. The maximum Gasteiger partial charge on any atom is 0.208 e. The summed E-state index contributed by atoms with van der Waals surface area (Å²) in [4.78, 5) is 4.73. The number of aryl methyl sites for hydroxylation is 2. The number of hydrogen-bond acceptors (Lipinski definition) is 6. The minimum Gasteiger partial charge on any atom is -0.345 e. The van der Waals surface area contributed by atoms with E-state index >= 15 is 0 Å². The Morgan fingerprint density at radius 1 is 0.636 bits per heavy atom. The summed E-state index contributed by atoms with van der Waals surface area (Å²) < 4.78 is 53.7. The highest BCUT2D eigenvalue weighted by atomic mass is 32.2. The van der Waals surface area contributed by atoms with E-state index in [1.165, 1.54) is 18.5 Å². The lowest BCUT2D eigenvalue weighted by atomic mass is 10.1. The van der Waals surface area contributed by atoms with Gasteiger partial charge in [0.1, 0.15) is 0 Å². The fraction of sp³-hybridized carbons (Fsp3) is 0.0800. The zero-order valence-electron chi connectivity index (χ0n) is 17.9. The molecule has 0 radical (unpaired) electrons. The van der Waals surface area contributed by atoms with Crippen LogP contribution in [0.4, 0.5) is 11.4 Å². The van der Waals surface area contributed by atoms with Gasteiger partial charge in [0.25, 0.3) is 0 Å². The molecule has 0 spiro atoms. The van der Waals surface area contributed by atoms with Crippen LogP contribution in [0, 0.1) is 13.8 Å². The average Bonchev–Trinajstić information content (AvgIpc) is 2.80. The van der Waals surface area contributed by atoms with Gasteiger partial charge in [-0.2, -0.15) is 0 Å². The topological polar surface area (TPSA) is 92.7 Å². The summed E-state index contributed by atoms with van der Waals surface area (Å²) in [6.45, 7) is 3.77. The van der Waals surface area contributed by atoms with Gasteiger partial charge in [-0.05, 0) is 55.6 Å². The Morgan fingerprint density at radius 3 is 1.67 bits per heavy atom. The molecule has 0 saturated heterocycles. The summed E-state index contributed by atoms with van der Waals surface area (Å²) in [5.74, 6) is 0. The Hall–Kier alpha value is -3.49. The molecule has 0 unspecified atom stereocenters. The molecule has 0 aliphatic carbocycles. The molecular weight excluding hydrogens is 456 g/mol. The molecule has 6 nitrogen and oxygen atoms in total. The van der Waals surface area contributed by atoms with E-state index < -0.39 is 19.7 Å². The molecule has 0 fully saturated rings. The molecule has 166 valence electrons. The molecular formula is C25H20N2O4S2. The number of nitrogens with zero attached hydrogens (tertiary/aromatic N) is 1. The summed E-state index contributed by atoms with van der Waals surface area (Å²) in [5.41, 5.74) is 2.44. The van der Waals surface area contributed by atoms with Gasteiger partial charge in [-0.25, -0.2) is 21.8 Å². The minimum absolute atomic E-state index is 0.0303. The van der Waals surface area contributed by atoms with Gasteiger partial charge < -0.3 is 5.32 Å². The zero-order valence-corrected chi connectivity index (χ0v) is 19.5. The normalized spacial score (nSPS) is 13.2. The molecule has 4 aromatic rings. The molecule has 0 saturated carbocycles. The first kappa shape index (κ1) is 21.4. The Balaban J connectivity index is 1.76. The number of benzene rings is 4. The third-order valence-corrected chi connectivity index (χ3v) is 9.34. The van der Waals surface area contributed by atoms with Crippen molar-refractivity contribution in [1.82, 2.24) is 0 Å². The van der Waals surface area contributed by atoms with Gasteiger partial charge in [0.15, 0.2) is 0 Å². The van der Waals surface area contributed by atoms with E-state index in [-0.39, 0.29) is 25.3 Å². The molecule has 1 aliphatic rings. The first-order valence-electron chi connectivity index (χ1n) is 10.2. The summed E-state index contributed by atoms with van der Waals surface area (Å²) in [7, 11) is -7.72. The molecule has 1 heterocycles. The van der Waals surface area contributed by atoms with Gasteiger partial charge in [-0.15, -0.1) is 0 Å². The Bertz CT molecular complexity index is 1650. The second kappa shape index (κ2) is 7.54.